The summed E-state index contributed by atoms with van der Waals surface area (Å²) in [6.45, 7) is 0. The summed E-state index contributed by atoms with van der Waals surface area (Å²) >= 11 is 11.6. The quantitative estimate of drug-likeness (QED) is 0.756. The van der Waals surface area contributed by atoms with Crippen molar-refractivity contribution >= 4 is 40.7 Å². The number of nitrogens with one attached hydrogen (secondary N) is 1. The molecule has 0 spiro atoms. The topological polar surface area (TPSA) is 85.9 Å². The molecule has 0 aliphatic carbocycles. The number of nitrogens with zero attached hydrogens (tertiary/aromatic N) is 1. The molecule has 100 valence electrons. The van der Waals surface area contributed by atoms with Gasteiger partial charge in [-0.2, -0.15) is 0 Å². The molecule has 1 amide bonds. The van der Waals surface area contributed by atoms with Crippen LogP contribution < -0.4 is 10.5 Å². The molecule has 0 bridgehead atoms. The van der Waals surface area contributed by atoms with Gasteiger partial charge < -0.3 is 9.73 Å². The van der Waals surface area contributed by atoms with Crippen molar-refractivity contribution in [2.24, 2.45) is 0 Å². The van der Waals surface area contributed by atoms with Crippen LogP contribution in [0.2, 0.25) is 10.0 Å². The third-order valence-corrected chi connectivity index (χ3v) is 2.93. The molecule has 0 saturated carbocycles. The highest BCUT2D eigenvalue weighted by Gasteiger charge is 2.14. The van der Waals surface area contributed by atoms with Gasteiger partial charge in [-0.05, 0) is 24.3 Å². The Morgan fingerprint density at radius 2 is 1.89 bits per heavy atom. The largest absolute Gasteiger partial charge is 0.431 e. The Labute approximate surface area is 117 Å². The second kappa shape index (κ2) is 5.50. The first-order valence-electron chi connectivity index (χ1n) is 5.01. The highest BCUT2D eigenvalue weighted by Crippen LogP contribution is 2.25. The summed E-state index contributed by atoms with van der Waals surface area (Å²) in [5, 5.41) is 20.4. The third-order valence-electron chi connectivity index (χ3n) is 2.19. The van der Waals surface area contributed by atoms with Crippen LogP contribution in [0.5, 0.6) is 0 Å². The molecule has 0 saturated heterocycles. The Kier molecular flexibility index (Phi) is 3.96. The minimum Gasteiger partial charge on any atom is -0.431 e. The minimum absolute atomic E-state index is 0.0887. The molecule has 19 heavy (non-hydrogen) atoms. The zero-order valence-corrected chi connectivity index (χ0v) is 10.8. The Hall–Kier alpha value is -1.73. The first-order chi connectivity index (χ1) is 8.97. The van der Waals surface area contributed by atoms with E-state index in [2.05, 4.69) is 5.32 Å². The highest BCUT2D eigenvalue weighted by atomic mass is 35.5. The molecular formula is C11H8Cl2N2O4. The van der Waals surface area contributed by atoms with E-state index in [4.69, 9.17) is 38.0 Å². The Bertz CT molecular complexity index is 612. The van der Waals surface area contributed by atoms with Crippen molar-refractivity contribution in [3.8, 4) is 0 Å². The van der Waals surface area contributed by atoms with Gasteiger partial charge in [0.25, 0.3) is 5.91 Å². The summed E-state index contributed by atoms with van der Waals surface area (Å²) in [7, 11) is 0. The van der Waals surface area contributed by atoms with E-state index in [-0.39, 0.29) is 16.9 Å². The van der Waals surface area contributed by atoms with Gasteiger partial charge >= 0.3 is 0 Å². The Balaban J connectivity index is 2.13. The maximum absolute atomic E-state index is 11.8. The van der Waals surface area contributed by atoms with Crippen LogP contribution in [0.15, 0.2) is 34.7 Å². The lowest BCUT2D eigenvalue weighted by atomic mass is 10.3. The van der Waals surface area contributed by atoms with Gasteiger partial charge in [0.1, 0.15) is 0 Å². The van der Waals surface area contributed by atoms with Crippen LogP contribution in [0.3, 0.4) is 0 Å². The van der Waals surface area contributed by atoms with E-state index >= 15 is 0 Å². The molecule has 0 atom stereocenters. The second-order valence-corrected chi connectivity index (χ2v) is 4.32. The smallest absolute Gasteiger partial charge is 0.291 e. The molecule has 3 N–H and O–H groups in total. The maximum Gasteiger partial charge on any atom is 0.291 e. The van der Waals surface area contributed by atoms with Crippen LogP contribution in [0.1, 0.15) is 10.6 Å². The van der Waals surface area contributed by atoms with Crippen molar-refractivity contribution in [2.45, 2.75) is 0 Å². The number of halogens is 2. The number of furan rings is 1. The summed E-state index contributed by atoms with van der Waals surface area (Å²) in [5.74, 6) is -0.931. The van der Waals surface area contributed by atoms with Crippen molar-refractivity contribution in [3.05, 3.63) is 46.1 Å². The fourth-order valence-electron chi connectivity index (χ4n) is 1.32. The fraction of sp³-hybridized carbons (Fsp3) is 0. The standard InChI is InChI=1S/C11H8Cl2N2O4/c12-7-2-1-6(5-8(7)13)14-11(16)9-3-4-10(19-9)15(17)18/h1-5,17-18H,(H,14,16). The SMILES string of the molecule is O=C(Nc1ccc(Cl)c(Cl)c1)c1ccc(N(O)O)o1. The molecule has 6 nitrogen and oxygen atoms in total. The zero-order chi connectivity index (χ0) is 14.0. The van der Waals surface area contributed by atoms with E-state index in [9.17, 15) is 4.79 Å². The predicted molar refractivity (Wildman–Crippen MR) is 69.2 cm³/mol. The van der Waals surface area contributed by atoms with Crippen molar-refractivity contribution in [1.29, 1.82) is 0 Å². The third kappa shape index (κ3) is 3.18. The summed E-state index contributed by atoms with van der Waals surface area (Å²) in [6, 6.07) is 7.11. The van der Waals surface area contributed by atoms with Crippen LogP contribution in [-0.2, 0) is 0 Å². The van der Waals surface area contributed by atoms with Crippen molar-refractivity contribution in [1.82, 2.24) is 0 Å². The summed E-state index contributed by atoms with van der Waals surface area (Å²) in [5.41, 5.74) is 0.433. The zero-order valence-electron chi connectivity index (χ0n) is 9.30. The van der Waals surface area contributed by atoms with Gasteiger partial charge in [0, 0.05) is 11.8 Å². The molecule has 2 aromatic rings. The van der Waals surface area contributed by atoms with Gasteiger partial charge in [0.05, 0.1) is 10.0 Å². The molecule has 2 rings (SSSR count). The van der Waals surface area contributed by atoms with Crippen molar-refractivity contribution in [3.63, 3.8) is 0 Å². The highest BCUT2D eigenvalue weighted by molar-refractivity contribution is 6.42. The first kappa shape index (κ1) is 13.7. The number of carbonyl (C=O) groups is 1. The average molecular weight is 303 g/mol. The van der Waals surface area contributed by atoms with Crippen LogP contribution in [0, 0.1) is 0 Å². The normalized spacial score (nSPS) is 10.3. The molecule has 1 heterocycles. The van der Waals surface area contributed by atoms with Crippen LogP contribution in [0.25, 0.3) is 0 Å². The lowest BCUT2D eigenvalue weighted by molar-refractivity contribution is 0.0171. The number of anilines is 2. The van der Waals surface area contributed by atoms with Crippen molar-refractivity contribution < 1.29 is 19.6 Å². The van der Waals surface area contributed by atoms with Crippen LogP contribution >= 0.6 is 23.2 Å². The predicted octanol–water partition coefficient (Wildman–Crippen LogP) is 3.42. The number of hydrogen-bond donors (Lipinski definition) is 3. The number of hydrogen-bond acceptors (Lipinski definition) is 5. The first-order valence-corrected chi connectivity index (χ1v) is 5.77. The molecule has 0 aliphatic heterocycles. The lowest BCUT2D eigenvalue weighted by Gasteiger charge is -2.05. The fourth-order valence-corrected chi connectivity index (χ4v) is 1.62. The Morgan fingerprint density at radius 1 is 1.16 bits per heavy atom. The Morgan fingerprint density at radius 3 is 2.47 bits per heavy atom. The molecule has 1 aromatic heterocycles. The summed E-state index contributed by atoms with van der Waals surface area (Å²) in [4.78, 5) is 11.8. The van der Waals surface area contributed by atoms with Crippen LogP contribution in [0.4, 0.5) is 11.6 Å². The van der Waals surface area contributed by atoms with Gasteiger partial charge in [-0.25, -0.2) is 0 Å². The summed E-state index contributed by atoms with van der Waals surface area (Å²) < 4.78 is 4.89. The molecule has 1 aromatic carbocycles. The number of benzene rings is 1. The van der Waals surface area contributed by atoms with Crippen molar-refractivity contribution in [2.75, 3.05) is 10.5 Å². The van der Waals surface area contributed by atoms with Gasteiger partial charge in [-0.15, -0.1) is 0 Å². The van der Waals surface area contributed by atoms with E-state index in [1.54, 1.807) is 6.07 Å². The van der Waals surface area contributed by atoms with E-state index in [1.807, 2.05) is 0 Å². The van der Waals surface area contributed by atoms with E-state index < -0.39 is 5.91 Å². The second-order valence-electron chi connectivity index (χ2n) is 3.51. The van der Waals surface area contributed by atoms with E-state index in [1.165, 1.54) is 24.3 Å². The van der Waals surface area contributed by atoms with Gasteiger partial charge in [-0.1, -0.05) is 28.4 Å². The number of amides is 1. The lowest BCUT2D eigenvalue weighted by Crippen LogP contribution is -2.12. The molecule has 8 heteroatoms. The van der Waals surface area contributed by atoms with Gasteiger partial charge in [-0.3, -0.25) is 15.2 Å². The van der Waals surface area contributed by atoms with Gasteiger partial charge in [0.2, 0.25) is 5.88 Å². The van der Waals surface area contributed by atoms with Gasteiger partial charge in [0.15, 0.2) is 5.76 Å². The number of carbonyl (C=O) groups excluding carboxylic acids is 1. The number of rotatable bonds is 3. The molecule has 0 unspecified atom stereocenters. The van der Waals surface area contributed by atoms with E-state index in [0.717, 1.165) is 0 Å². The molecule has 0 fully saturated rings. The monoisotopic (exact) mass is 302 g/mol. The molecular weight excluding hydrogens is 295 g/mol. The minimum atomic E-state index is -0.563. The summed E-state index contributed by atoms with van der Waals surface area (Å²) in [6.07, 6.45) is 0. The van der Waals surface area contributed by atoms with Crippen LogP contribution in [-0.4, -0.2) is 16.3 Å². The molecule has 0 radical (unpaired) electrons. The maximum atomic E-state index is 11.8. The molecule has 0 aliphatic rings. The average Bonchev–Trinajstić information content (AvgIpc) is 2.83. The van der Waals surface area contributed by atoms with E-state index in [0.29, 0.717) is 15.7 Å².